The van der Waals surface area contributed by atoms with Gasteiger partial charge in [-0.15, -0.1) is 0 Å². The number of unbranched alkanes of at least 4 members (excludes halogenated alkanes) is 1. The zero-order chi connectivity index (χ0) is 14.0. The van der Waals surface area contributed by atoms with Crippen LogP contribution < -0.4 is 0 Å². The molecular formula is C13H25NO4. The first-order valence-corrected chi connectivity index (χ1v) is 6.52. The van der Waals surface area contributed by atoms with Gasteiger partial charge < -0.3 is 14.7 Å². The molecule has 5 nitrogen and oxygen atoms in total. The predicted octanol–water partition coefficient (Wildman–Crippen LogP) is 1.76. The van der Waals surface area contributed by atoms with Gasteiger partial charge in [-0.2, -0.15) is 0 Å². The summed E-state index contributed by atoms with van der Waals surface area (Å²) in [5.41, 5.74) is 0. The van der Waals surface area contributed by atoms with Gasteiger partial charge in [0.2, 0.25) is 5.91 Å². The molecule has 0 aromatic carbocycles. The summed E-state index contributed by atoms with van der Waals surface area (Å²) >= 11 is 0. The molecule has 1 atom stereocenters. The molecule has 0 radical (unpaired) electrons. The Morgan fingerprint density at radius 2 is 2.00 bits per heavy atom. The van der Waals surface area contributed by atoms with Crippen molar-refractivity contribution in [2.45, 2.75) is 39.5 Å². The molecule has 1 N–H and O–H groups in total. The van der Waals surface area contributed by atoms with Crippen molar-refractivity contribution in [3.05, 3.63) is 0 Å². The first-order chi connectivity index (χ1) is 8.52. The number of ether oxygens (including phenoxy) is 1. The fourth-order valence-electron chi connectivity index (χ4n) is 1.61. The average Bonchev–Trinajstić information content (AvgIpc) is 2.34. The van der Waals surface area contributed by atoms with Gasteiger partial charge >= 0.3 is 5.97 Å². The molecule has 0 spiro atoms. The van der Waals surface area contributed by atoms with Crippen molar-refractivity contribution in [1.29, 1.82) is 0 Å². The van der Waals surface area contributed by atoms with E-state index in [2.05, 4.69) is 0 Å². The highest BCUT2D eigenvalue weighted by atomic mass is 16.5. The van der Waals surface area contributed by atoms with Crippen LogP contribution in [0.1, 0.15) is 39.5 Å². The topological polar surface area (TPSA) is 66.8 Å². The van der Waals surface area contributed by atoms with E-state index in [9.17, 15) is 9.59 Å². The largest absolute Gasteiger partial charge is 0.481 e. The van der Waals surface area contributed by atoms with Crippen LogP contribution in [0.3, 0.4) is 0 Å². The molecule has 106 valence electrons. The van der Waals surface area contributed by atoms with E-state index in [0.29, 0.717) is 19.6 Å². The lowest BCUT2D eigenvalue weighted by Crippen LogP contribution is -2.37. The maximum absolute atomic E-state index is 11.9. The lowest BCUT2D eigenvalue weighted by atomic mass is 10.1. The first kappa shape index (κ1) is 16.9. The summed E-state index contributed by atoms with van der Waals surface area (Å²) in [4.78, 5) is 24.4. The smallest absolute Gasteiger partial charge is 0.308 e. The summed E-state index contributed by atoms with van der Waals surface area (Å²) in [5.74, 6) is -1.35. The standard InChI is InChI=1S/C13H25NO4/c1-4-5-7-12(15)14(8-6-9-18-3)10-11(2)13(16)17/h11H,4-10H2,1-3H3,(H,16,17). The van der Waals surface area contributed by atoms with Gasteiger partial charge in [-0.05, 0) is 12.8 Å². The number of carboxylic acid groups (broad SMARTS) is 1. The van der Waals surface area contributed by atoms with E-state index in [-0.39, 0.29) is 12.5 Å². The molecule has 0 bridgehead atoms. The fourth-order valence-corrected chi connectivity index (χ4v) is 1.61. The van der Waals surface area contributed by atoms with Crippen LogP contribution in [0.4, 0.5) is 0 Å². The molecule has 0 aliphatic heterocycles. The number of carbonyl (C=O) groups is 2. The van der Waals surface area contributed by atoms with Gasteiger partial charge in [-0.3, -0.25) is 9.59 Å². The molecule has 0 saturated heterocycles. The molecule has 0 aliphatic carbocycles. The van der Waals surface area contributed by atoms with E-state index in [1.54, 1.807) is 18.9 Å². The van der Waals surface area contributed by atoms with E-state index in [1.807, 2.05) is 6.92 Å². The number of carbonyl (C=O) groups excluding carboxylic acids is 1. The Kier molecular flexibility index (Phi) is 9.28. The van der Waals surface area contributed by atoms with Crippen molar-refractivity contribution in [3.63, 3.8) is 0 Å². The highest BCUT2D eigenvalue weighted by Gasteiger charge is 2.19. The second-order valence-electron chi connectivity index (χ2n) is 4.53. The van der Waals surface area contributed by atoms with Crippen molar-refractivity contribution in [2.24, 2.45) is 5.92 Å². The third kappa shape index (κ3) is 7.27. The Morgan fingerprint density at radius 3 is 2.50 bits per heavy atom. The molecule has 0 aromatic heterocycles. The number of hydrogen-bond donors (Lipinski definition) is 1. The molecule has 0 rings (SSSR count). The molecule has 18 heavy (non-hydrogen) atoms. The predicted molar refractivity (Wildman–Crippen MR) is 69.4 cm³/mol. The van der Waals surface area contributed by atoms with E-state index < -0.39 is 11.9 Å². The monoisotopic (exact) mass is 259 g/mol. The van der Waals surface area contributed by atoms with E-state index in [1.165, 1.54) is 0 Å². The van der Waals surface area contributed by atoms with Crippen LogP contribution in [-0.2, 0) is 14.3 Å². The number of methoxy groups -OCH3 is 1. The van der Waals surface area contributed by atoms with E-state index in [4.69, 9.17) is 9.84 Å². The summed E-state index contributed by atoms with van der Waals surface area (Å²) in [6, 6.07) is 0. The quantitative estimate of drug-likeness (QED) is 0.607. The van der Waals surface area contributed by atoms with Crippen LogP contribution in [0, 0.1) is 5.92 Å². The minimum Gasteiger partial charge on any atom is -0.481 e. The number of carboxylic acids is 1. The average molecular weight is 259 g/mol. The lowest BCUT2D eigenvalue weighted by Gasteiger charge is -2.24. The number of hydrogen-bond acceptors (Lipinski definition) is 3. The van der Waals surface area contributed by atoms with E-state index >= 15 is 0 Å². The SMILES string of the molecule is CCCCC(=O)N(CCCOC)CC(C)C(=O)O. The van der Waals surface area contributed by atoms with Crippen LogP contribution >= 0.6 is 0 Å². The van der Waals surface area contributed by atoms with Gasteiger partial charge in [-0.25, -0.2) is 0 Å². The summed E-state index contributed by atoms with van der Waals surface area (Å²) in [6.07, 6.45) is 3.05. The summed E-state index contributed by atoms with van der Waals surface area (Å²) in [6.45, 7) is 5.08. The van der Waals surface area contributed by atoms with Crippen LogP contribution in [0.5, 0.6) is 0 Å². The van der Waals surface area contributed by atoms with Crippen molar-refractivity contribution in [1.82, 2.24) is 4.90 Å². The summed E-state index contributed by atoms with van der Waals surface area (Å²) in [5, 5.41) is 8.90. The molecule has 0 aromatic rings. The Bertz CT molecular complexity index is 255. The minimum absolute atomic E-state index is 0.0426. The first-order valence-electron chi connectivity index (χ1n) is 6.52. The second kappa shape index (κ2) is 9.88. The molecule has 0 saturated carbocycles. The van der Waals surface area contributed by atoms with Crippen LogP contribution in [0.25, 0.3) is 0 Å². The second-order valence-corrected chi connectivity index (χ2v) is 4.53. The Hall–Kier alpha value is -1.10. The van der Waals surface area contributed by atoms with Gasteiger partial charge in [0.1, 0.15) is 0 Å². The molecule has 1 amide bonds. The van der Waals surface area contributed by atoms with Crippen molar-refractivity contribution in [2.75, 3.05) is 26.8 Å². The summed E-state index contributed by atoms with van der Waals surface area (Å²) < 4.78 is 4.95. The van der Waals surface area contributed by atoms with Gasteiger partial charge in [0.25, 0.3) is 0 Å². The number of aliphatic carboxylic acids is 1. The number of amides is 1. The molecular weight excluding hydrogens is 234 g/mol. The number of nitrogens with zero attached hydrogens (tertiary/aromatic N) is 1. The van der Waals surface area contributed by atoms with Crippen LogP contribution in [0.2, 0.25) is 0 Å². The molecule has 0 heterocycles. The van der Waals surface area contributed by atoms with Crippen LogP contribution in [0.15, 0.2) is 0 Å². The fraction of sp³-hybridized carbons (Fsp3) is 0.846. The number of rotatable bonds is 10. The molecule has 1 unspecified atom stereocenters. The zero-order valence-electron chi connectivity index (χ0n) is 11.6. The Labute approximate surface area is 109 Å². The van der Waals surface area contributed by atoms with Gasteiger partial charge in [0.15, 0.2) is 0 Å². The zero-order valence-corrected chi connectivity index (χ0v) is 11.6. The third-order valence-corrected chi connectivity index (χ3v) is 2.79. The normalized spacial score (nSPS) is 12.2. The molecule has 5 heteroatoms. The highest BCUT2D eigenvalue weighted by molar-refractivity contribution is 5.77. The van der Waals surface area contributed by atoms with Crippen molar-refractivity contribution >= 4 is 11.9 Å². The maximum Gasteiger partial charge on any atom is 0.308 e. The molecule has 0 aliphatic rings. The maximum atomic E-state index is 11.9. The van der Waals surface area contributed by atoms with Crippen molar-refractivity contribution < 1.29 is 19.4 Å². The van der Waals surface area contributed by atoms with Gasteiger partial charge in [0, 0.05) is 33.2 Å². The van der Waals surface area contributed by atoms with E-state index in [0.717, 1.165) is 19.3 Å². The lowest BCUT2D eigenvalue weighted by molar-refractivity contribution is -0.143. The van der Waals surface area contributed by atoms with Gasteiger partial charge in [-0.1, -0.05) is 20.3 Å². The summed E-state index contributed by atoms with van der Waals surface area (Å²) in [7, 11) is 1.61. The Morgan fingerprint density at radius 1 is 1.33 bits per heavy atom. The van der Waals surface area contributed by atoms with Gasteiger partial charge in [0.05, 0.1) is 5.92 Å². The Balaban J connectivity index is 4.31. The molecule has 0 fully saturated rings. The van der Waals surface area contributed by atoms with Crippen LogP contribution in [-0.4, -0.2) is 48.7 Å². The third-order valence-electron chi connectivity index (χ3n) is 2.79. The minimum atomic E-state index is -0.866. The highest BCUT2D eigenvalue weighted by Crippen LogP contribution is 2.06. The van der Waals surface area contributed by atoms with Crippen molar-refractivity contribution in [3.8, 4) is 0 Å².